The number of carboxylic acids is 2. The topological polar surface area (TPSA) is 365 Å². The highest BCUT2D eigenvalue weighted by Crippen LogP contribution is 2.37. The first-order valence-corrected chi connectivity index (χ1v) is 16.7. The number of carboxylic acid groups (broad SMARTS) is 2. The average Bonchev–Trinajstić information content (AvgIpc) is 3.05. The standard InChI is InChI=1S/C30H50N4O19/c1-10(36)5-17(40)34-19-15(39)6-30(29(46)47,53-24(19)18(11(2)37)32-9-35)52-16-8-49-28(23(43)22(16)42)51-25-20(33-13(4)38)27(50-12(3)21(25)41)48-7-14(31)26(44)45/h9-12,14-16,18-25,27-28,36-37,39,41-43H,5-8,31H2,1-4H3,(H,32,35)(H,33,38)(H,34,40)(H,44,45)(H,46,47)/t10-,11+,12-,14+,15+,16-,18+,19+,20-,21+,22+,23-,24+,25-,27-,28+,30+/m1/s1. The third-order valence-corrected chi connectivity index (χ3v) is 8.85. The molecule has 3 saturated heterocycles. The first-order valence-electron chi connectivity index (χ1n) is 16.7. The normalized spacial score (nSPS) is 38.4. The molecule has 17 atom stereocenters. The van der Waals surface area contributed by atoms with E-state index < -0.39 is 153 Å². The van der Waals surface area contributed by atoms with Gasteiger partial charge in [-0.25, -0.2) is 4.79 Å². The van der Waals surface area contributed by atoms with Crippen LogP contribution in [-0.2, 0) is 52.4 Å². The van der Waals surface area contributed by atoms with Gasteiger partial charge in [0.1, 0.15) is 48.7 Å². The van der Waals surface area contributed by atoms with Gasteiger partial charge in [0.25, 0.3) is 5.79 Å². The van der Waals surface area contributed by atoms with Gasteiger partial charge >= 0.3 is 11.9 Å². The molecule has 0 spiro atoms. The van der Waals surface area contributed by atoms with Crippen LogP contribution in [0.4, 0.5) is 0 Å². The number of rotatable bonds is 17. The van der Waals surface area contributed by atoms with E-state index in [4.69, 9.17) is 39.3 Å². The molecule has 0 aromatic carbocycles. The zero-order valence-corrected chi connectivity index (χ0v) is 29.3. The van der Waals surface area contributed by atoms with Crippen LogP contribution in [0.25, 0.3) is 0 Å². The molecule has 0 saturated carbocycles. The maximum atomic E-state index is 12.8. The van der Waals surface area contributed by atoms with Crippen molar-refractivity contribution in [2.45, 2.75) is 144 Å². The molecule has 23 nitrogen and oxygen atoms in total. The summed E-state index contributed by atoms with van der Waals surface area (Å²) in [7, 11) is 0. The molecule has 0 bridgehead atoms. The van der Waals surface area contributed by atoms with Crippen LogP contribution in [0.5, 0.6) is 0 Å². The van der Waals surface area contributed by atoms with Crippen LogP contribution in [0.3, 0.4) is 0 Å². The van der Waals surface area contributed by atoms with Crippen molar-refractivity contribution in [3.8, 4) is 0 Å². The zero-order valence-electron chi connectivity index (χ0n) is 29.3. The molecular weight excluding hydrogens is 720 g/mol. The predicted molar refractivity (Wildman–Crippen MR) is 170 cm³/mol. The Morgan fingerprint density at radius 1 is 1.00 bits per heavy atom. The molecule has 0 aromatic rings. The smallest absolute Gasteiger partial charge is 0.364 e. The Hall–Kier alpha value is -3.17. The first-order chi connectivity index (χ1) is 24.7. The third-order valence-electron chi connectivity index (χ3n) is 8.85. The predicted octanol–water partition coefficient (Wildman–Crippen LogP) is -6.44. The van der Waals surface area contributed by atoms with E-state index in [0.29, 0.717) is 0 Å². The third kappa shape index (κ3) is 11.0. The summed E-state index contributed by atoms with van der Waals surface area (Å²) in [6.07, 6.45) is -20.2. The van der Waals surface area contributed by atoms with E-state index in [2.05, 4.69) is 16.0 Å². The van der Waals surface area contributed by atoms with E-state index in [1.54, 1.807) is 0 Å². The van der Waals surface area contributed by atoms with E-state index in [0.717, 1.165) is 6.92 Å². The summed E-state index contributed by atoms with van der Waals surface area (Å²) in [4.78, 5) is 60.0. The van der Waals surface area contributed by atoms with Gasteiger partial charge in [0.05, 0.1) is 56.1 Å². The summed E-state index contributed by atoms with van der Waals surface area (Å²) >= 11 is 0. The van der Waals surface area contributed by atoms with Crippen molar-refractivity contribution in [2.75, 3.05) is 13.2 Å². The molecule has 3 rings (SSSR count). The van der Waals surface area contributed by atoms with E-state index in [1.807, 2.05) is 0 Å². The molecule has 304 valence electrons. The van der Waals surface area contributed by atoms with Gasteiger partial charge in [-0.3, -0.25) is 19.2 Å². The SMILES string of the molecule is CC(=O)N[C@H]1[C@H](OC[C@H](N)C(=O)O)O[C@H](C)[C@H](O)[C@@H]1O[C@@H]1OC[C@@H](O[C@@]2(C(=O)O)C[C@H](O)[C@H](NC(=O)C[C@@H](C)O)[C@H]([C@@H](NC=O)[C@H](C)O)O2)[C@H](O)[C@H]1O. The van der Waals surface area contributed by atoms with Gasteiger partial charge in [-0.05, 0) is 20.8 Å². The maximum absolute atomic E-state index is 12.8. The molecule has 0 radical (unpaired) electrons. The summed E-state index contributed by atoms with van der Waals surface area (Å²) in [5.41, 5.74) is 5.51. The van der Waals surface area contributed by atoms with Crippen LogP contribution in [0.2, 0.25) is 0 Å². The van der Waals surface area contributed by atoms with Crippen LogP contribution < -0.4 is 21.7 Å². The molecule has 3 aliphatic rings. The van der Waals surface area contributed by atoms with Crippen molar-refractivity contribution in [3.05, 3.63) is 0 Å². The molecule has 0 aromatic heterocycles. The Bertz CT molecular complexity index is 1280. The van der Waals surface area contributed by atoms with Gasteiger partial charge in [0.2, 0.25) is 18.2 Å². The van der Waals surface area contributed by atoms with E-state index >= 15 is 0 Å². The minimum atomic E-state index is -2.85. The Kier molecular flexibility index (Phi) is 15.8. The molecule has 13 N–H and O–H groups in total. The van der Waals surface area contributed by atoms with E-state index in [-0.39, 0.29) is 6.41 Å². The van der Waals surface area contributed by atoms with Gasteiger partial charge in [0, 0.05) is 13.3 Å². The highest BCUT2D eigenvalue weighted by molar-refractivity contribution is 5.78. The number of amides is 3. The quantitative estimate of drug-likeness (QED) is 0.0612. The summed E-state index contributed by atoms with van der Waals surface area (Å²) in [6, 6.07) is -5.74. The van der Waals surface area contributed by atoms with Crippen molar-refractivity contribution >= 4 is 30.2 Å². The maximum Gasteiger partial charge on any atom is 0.364 e. The van der Waals surface area contributed by atoms with Crippen LogP contribution in [0, 0.1) is 0 Å². The Morgan fingerprint density at radius 3 is 2.21 bits per heavy atom. The number of hydrogen-bond acceptors (Lipinski definition) is 18. The number of aliphatic hydroxyl groups excluding tert-OH is 6. The second-order valence-electron chi connectivity index (χ2n) is 13.3. The molecular formula is C30H50N4O19. The number of aliphatic hydroxyl groups is 6. The molecule has 0 aliphatic carbocycles. The molecule has 3 aliphatic heterocycles. The van der Waals surface area contributed by atoms with Gasteiger partial charge in [0.15, 0.2) is 12.6 Å². The minimum absolute atomic E-state index is 0.168. The summed E-state index contributed by atoms with van der Waals surface area (Å²) < 4.78 is 34.0. The van der Waals surface area contributed by atoms with Crippen molar-refractivity contribution in [1.29, 1.82) is 0 Å². The fraction of sp³-hybridized carbons (Fsp3) is 0.833. The van der Waals surface area contributed by atoms with Crippen molar-refractivity contribution < 1.29 is 93.2 Å². The molecule has 53 heavy (non-hydrogen) atoms. The summed E-state index contributed by atoms with van der Waals surface area (Å²) in [5, 5.41) is 91.0. The zero-order chi connectivity index (χ0) is 39.9. The second-order valence-corrected chi connectivity index (χ2v) is 13.3. The van der Waals surface area contributed by atoms with Crippen LogP contribution in [0.15, 0.2) is 0 Å². The van der Waals surface area contributed by atoms with Gasteiger partial charge in [-0.1, -0.05) is 0 Å². The molecule has 3 heterocycles. The highest BCUT2D eigenvalue weighted by atomic mass is 16.8. The fourth-order valence-corrected chi connectivity index (χ4v) is 6.17. The molecule has 3 amide bonds. The van der Waals surface area contributed by atoms with E-state index in [1.165, 1.54) is 20.8 Å². The molecule has 23 heteroatoms. The van der Waals surface area contributed by atoms with Crippen LogP contribution in [0.1, 0.15) is 40.5 Å². The Balaban J connectivity index is 1.85. The fourth-order valence-electron chi connectivity index (χ4n) is 6.17. The molecule has 0 unspecified atom stereocenters. The lowest BCUT2D eigenvalue weighted by molar-refractivity contribution is -0.360. The minimum Gasteiger partial charge on any atom is -0.480 e. The van der Waals surface area contributed by atoms with Crippen molar-refractivity contribution in [2.24, 2.45) is 5.73 Å². The van der Waals surface area contributed by atoms with Crippen LogP contribution in [-0.4, -0.2) is 188 Å². The van der Waals surface area contributed by atoms with Gasteiger partial charge in [-0.15, -0.1) is 0 Å². The Labute approximate surface area is 302 Å². The Morgan fingerprint density at radius 2 is 1.66 bits per heavy atom. The summed E-state index contributed by atoms with van der Waals surface area (Å²) in [6.45, 7) is 3.77. The lowest BCUT2D eigenvalue weighted by atomic mass is 9.87. The van der Waals surface area contributed by atoms with Gasteiger partial charge < -0.3 is 91.0 Å². The number of nitrogens with two attached hydrogens (primary N) is 1. The largest absolute Gasteiger partial charge is 0.480 e. The van der Waals surface area contributed by atoms with Crippen molar-refractivity contribution in [3.63, 3.8) is 0 Å². The van der Waals surface area contributed by atoms with Crippen molar-refractivity contribution in [1.82, 2.24) is 16.0 Å². The van der Waals surface area contributed by atoms with Crippen LogP contribution >= 0.6 is 0 Å². The van der Waals surface area contributed by atoms with Gasteiger partial charge in [-0.2, -0.15) is 0 Å². The molecule has 3 fully saturated rings. The number of nitrogens with one attached hydrogen (secondary N) is 3. The number of aliphatic carboxylic acids is 2. The number of carbonyl (C=O) groups excluding carboxylic acids is 3. The number of carbonyl (C=O) groups is 5. The monoisotopic (exact) mass is 770 g/mol. The van der Waals surface area contributed by atoms with E-state index in [9.17, 15) is 59.7 Å². The number of ether oxygens (including phenoxy) is 6. The number of hydrogen-bond donors (Lipinski definition) is 12. The lowest BCUT2D eigenvalue weighted by Gasteiger charge is -2.50. The first kappa shape index (κ1) is 44.2. The summed E-state index contributed by atoms with van der Waals surface area (Å²) in [5.74, 6) is -7.53. The lowest BCUT2D eigenvalue weighted by Crippen LogP contribution is -2.71. The second kappa shape index (κ2) is 18.9. The average molecular weight is 771 g/mol. The highest BCUT2D eigenvalue weighted by Gasteiger charge is 2.58.